The Balaban J connectivity index is 1.84. The summed E-state index contributed by atoms with van der Waals surface area (Å²) in [7, 11) is -3.21. The number of anilines is 1. The molecule has 0 saturated carbocycles. The maximum atomic E-state index is 15.2. The molecule has 10 nitrogen and oxygen atoms in total. The summed E-state index contributed by atoms with van der Waals surface area (Å²) in [6.45, 7) is 2.66. The normalized spacial score (nSPS) is 18.0. The standard InChI is InChI=1S/C21H24F2N4O6S2/c1-11-6-14(4-5-15(11)22)24-20(29)19-18(23)17(9-26(19)3)35(32,33)25-16-8-27(21(30)31)7-13(16)10-34-12(2)28/h4-6,9,13,16,25H,7-8,10H2,1-3H3,(H,24,29)(H,30,31)/t13-,16-/m0/s1. The third kappa shape index (κ3) is 6.00. The van der Waals surface area contributed by atoms with Gasteiger partial charge in [0.1, 0.15) is 16.4 Å². The molecular formula is C21H24F2N4O6S2. The summed E-state index contributed by atoms with van der Waals surface area (Å²) in [5, 5.41) is 11.5. The van der Waals surface area contributed by atoms with Gasteiger partial charge in [-0.2, -0.15) is 0 Å². The van der Waals surface area contributed by atoms with Crippen LogP contribution in [0, 0.1) is 24.5 Å². The van der Waals surface area contributed by atoms with Crippen molar-refractivity contribution in [1.82, 2.24) is 14.2 Å². The van der Waals surface area contributed by atoms with Gasteiger partial charge in [0.2, 0.25) is 10.0 Å². The summed E-state index contributed by atoms with van der Waals surface area (Å²) in [5.74, 6) is -3.06. The predicted molar refractivity (Wildman–Crippen MR) is 125 cm³/mol. The zero-order valence-electron chi connectivity index (χ0n) is 19.0. The molecule has 2 aromatic rings. The van der Waals surface area contributed by atoms with E-state index in [9.17, 15) is 32.3 Å². The number of amides is 2. The number of likely N-dealkylation sites (tertiary alicyclic amines) is 1. The second-order valence-corrected chi connectivity index (χ2v) is 11.0. The van der Waals surface area contributed by atoms with E-state index in [0.717, 1.165) is 33.5 Å². The maximum Gasteiger partial charge on any atom is 0.407 e. The fourth-order valence-electron chi connectivity index (χ4n) is 3.75. The lowest BCUT2D eigenvalue weighted by Crippen LogP contribution is -2.41. The first-order valence-electron chi connectivity index (χ1n) is 10.4. The molecule has 0 bridgehead atoms. The Bertz CT molecular complexity index is 1280. The van der Waals surface area contributed by atoms with E-state index in [1.54, 1.807) is 0 Å². The van der Waals surface area contributed by atoms with Gasteiger partial charge in [-0.3, -0.25) is 9.59 Å². The third-order valence-corrected chi connectivity index (χ3v) is 8.01. The molecule has 1 aliphatic heterocycles. The van der Waals surface area contributed by atoms with Gasteiger partial charge in [0, 0.05) is 56.7 Å². The number of nitrogens with zero attached hydrogens (tertiary/aromatic N) is 2. The van der Waals surface area contributed by atoms with Crippen LogP contribution in [0.1, 0.15) is 23.0 Å². The number of hydrogen-bond acceptors (Lipinski definition) is 6. The molecule has 3 N–H and O–H groups in total. The molecule has 2 amide bonds. The van der Waals surface area contributed by atoms with Crippen molar-refractivity contribution in [1.29, 1.82) is 0 Å². The average molecular weight is 531 g/mol. The van der Waals surface area contributed by atoms with Crippen molar-refractivity contribution in [3.63, 3.8) is 0 Å². The molecule has 2 atom stereocenters. The van der Waals surface area contributed by atoms with Gasteiger partial charge in [-0.1, -0.05) is 11.8 Å². The SMILES string of the molecule is CC(=O)SC[C@@H]1CN(C(=O)O)C[C@@H]1NS(=O)(=O)c1cn(C)c(C(=O)Nc2ccc(F)c(C)c2)c1F. The number of halogens is 2. The first-order valence-corrected chi connectivity index (χ1v) is 12.8. The Hall–Kier alpha value is -2.97. The van der Waals surface area contributed by atoms with Gasteiger partial charge in [-0.15, -0.1) is 0 Å². The highest BCUT2D eigenvalue weighted by Gasteiger charge is 2.39. The summed E-state index contributed by atoms with van der Waals surface area (Å²) in [4.78, 5) is 35.6. The molecule has 1 aliphatic rings. The molecule has 2 heterocycles. The molecule has 1 aromatic heterocycles. The zero-order valence-corrected chi connectivity index (χ0v) is 20.7. The van der Waals surface area contributed by atoms with E-state index in [2.05, 4.69) is 10.0 Å². The number of thioether (sulfide) groups is 1. The Morgan fingerprint density at radius 3 is 2.51 bits per heavy atom. The Kier molecular flexibility index (Phi) is 7.87. The second kappa shape index (κ2) is 10.3. The summed E-state index contributed by atoms with van der Waals surface area (Å²) in [5.41, 5.74) is -0.107. The molecule has 0 spiro atoms. The van der Waals surface area contributed by atoms with Crippen LogP contribution in [0.5, 0.6) is 0 Å². The molecule has 0 aliphatic carbocycles. The van der Waals surface area contributed by atoms with Crippen LogP contribution >= 0.6 is 11.8 Å². The summed E-state index contributed by atoms with van der Waals surface area (Å²) in [6.07, 6.45) is -0.309. The lowest BCUT2D eigenvalue weighted by atomic mass is 10.1. The number of aryl methyl sites for hydroxylation is 2. The fourth-order valence-corrected chi connectivity index (χ4v) is 5.95. The van der Waals surface area contributed by atoms with E-state index in [1.807, 2.05) is 0 Å². The maximum absolute atomic E-state index is 15.2. The van der Waals surface area contributed by atoms with Crippen LogP contribution < -0.4 is 10.0 Å². The van der Waals surface area contributed by atoms with Crippen LogP contribution in [-0.2, 0) is 21.9 Å². The van der Waals surface area contributed by atoms with Gasteiger partial charge in [-0.05, 0) is 30.7 Å². The fraction of sp³-hybridized carbons (Fsp3) is 0.381. The van der Waals surface area contributed by atoms with Crippen molar-refractivity contribution in [2.45, 2.75) is 24.8 Å². The molecule has 190 valence electrons. The minimum absolute atomic E-state index is 0.00478. The number of carboxylic acid groups (broad SMARTS) is 1. The van der Waals surface area contributed by atoms with Crippen molar-refractivity contribution in [2.24, 2.45) is 13.0 Å². The van der Waals surface area contributed by atoms with Crippen molar-refractivity contribution < 1.29 is 36.7 Å². The van der Waals surface area contributed by atoms with Gasteiger partial charge < -0.3 is 19.9 Å². The zero-order chi connectivity index (χ0) is 26.1. The van der Waals surface area contributed by atoms with Crippen molar-refractivity contribution in [2.75, 3.05) is 24.2 Å². The minimum Gasteiger partial charge on any atom is -0.465 e. The summed E-state index contributed by atoms with van der Waals surface area (Å²) >= 11 is 0.936. The monoisotopic (exact) mass is 530 g/mol. The van der Waals surface area contributed by atoms with Gasteiger partial charge in [0.25, 0.3) is 5.91 Å². The van der Waals surface area contributed by atoms with E-state index in [1.165, 1.54) is 33.0 Å². The number of hydrogen-bond donors (Lipinski definition) is 3. The quantitative estimate of drug-likeness (QED) is 0.500. The van der Waals surface area contributed by atoms with Crippen molar-refractivity contribution in [3.05, 3.63) is 47.3 Å². The largest absolute Gasteiger partial charge is 0.465 e. The number of rotatable bonds is 7. The minimum atomic E-state index is -4.50. The Morgan fingerprint density at radius 1 is 1.23 bits per heavy atom. The molecule has 3 rings (SSSR count). The van der Waals surface area contributed by atoms with Gasteiger partial charge in [0.05, 0.1) is 0 Å². The second-order valence-electron chi connectivity index (χ2n) is 8.16. The van der Waals surface area contributed by atoms with Gasteiger partial charge in [0.15, 0.2) is 10.9 Å². The van der Waals surface area contributed by atoms with Crippen molar-refractivity contribution >= 4 is 44.6 Å². The first kappa shape index (κ1) is 26.6. The van der Waals surface area contributed by atoms with Crippen LogP contribution in [-0.4, -0.2) is 65.0 Å². The molecular weight excluding hydrogens is 506 g/mol. The smallest absolute Gasteiger partial charge is 0.407 e. The van der Waals surface area contributed by atoms with Crippen LogP contribution in [0.4, 0.5) is 19.3 Å². The molecule has 35 heavy (non-hydrogen) atoms. The van der Waals surface area contributed by atoms with Gasteiger partial charge in [-0.25, -0.2) is 26.7 Å². The summed E-state index contributed by atoms with van der Waals surface area (Å²) < 4.78 is 58.1. The number of benzene rings is 1. The molecule has 1 fully saturated rings. The number of aromatic nitrogens is 1. The highest BCUT2D eigenvalue weighted by atomic mass is 32.2. The first-order chi connectivity index (χ1) is 16.3. The van der Waals surface area contributed by atoms with E-state index < -0.39 is 56.2 Å². The van der Waals surface area contributed by atoms with E-state index in [0.29, 0.717) is 0 Å². The van der Waals surface area contributed by atoms with E-state index in [4.69, 9.17) is 0 Å². The highest BCUT2D eigenvalue weighted by Crippen LogP contribution is 2.26. The van der Waals surface area contributed by atoms with Crippen LogP contribution in [0.2, 0.25) is 0 Å². The van der Waals surface area contributed by atoms with Crippen LogP contribution in [0.3, 0.4) is 0 Å². The molecule has 1 aromatic carbocycles. The van der Waals surface area contributed by atoms with Crippen molar-refractivity contribution in [3.8, 4) is 0 Å². The van der Waals surface area contributed by atoms with E-state index in [-0.39, 0.29) is 35.2 Å². The van der Waals surface area contributed by atoms with E-state index >= 15 is 4.39 Å². The lowest BCUT2D eigenvalue weighted by molar-refractivity contribution is -0.109. The lowest BCUT2D eigenvalue weighted by Gasteiger charge is -2.18. The average Bonchev–Trinajstić information content (AvgIpc) is 3.29. The number of sulfonamides is 1. The summed E-state index contributed by atoms with van der Waals surface area (Å²) in [6, 6.07) is 2.87. The van der Waals surface area contributed by atoms with Gasteiger partial charge >= 0.3 is 6.09 Å². The molecule has 14 heteroatoms. The number of carbonyl (C=O) groups is 3. The molecule has 0 radical (unpaired) electrons. The molecule has 0 unspecified atom stereocenters. The Morgan fingerprint density at radius 2 is 1.91 bits per heavy atom. The topological polar surface area (TPSA) is 138 Å². The third-order valence-electron chi connectivity index (χ3n) is 5.53. The number of nitrogens with one attached hydrogen (secondary N) is 2. The van der Waals surface area contributed by atoms with Crippen LogP contribution in [0.25, 0.3) is 0 Å². The Labute approximate surface area is 204 Å². The molecule has 1 saturated heterocycles. The van der Waals surface area contributed by atoms with Crippen LogP contribution in [0.15, 0.2) is 29.3 Å². The number of carbonyl (C=O) groups excluding carboxylic acids is 2. The highest BCUT2D eigenvalue weighted by molar-refractivity contribution is 8.13. The predicted octanol–water partition coefficient (Wildman–Crippen LogP) is 2.40.